The van der Waals surface area contributed by atoms with Gasteiger partial charge in [0.2, 0.25) is 5.95 Å². The lowest BCUT2D eigenvalue weighted by atomic mass is 10.1. The molecule has 200 valence electrons. The molecule has 2 heterocycles. The Morgan fingerprint density at radius 2 is 1.84 bits per heavy atom. The monoisotopic (exact) mass is 505 g/mol. The van der Waals surface area contributed by atoms with E-state index in [-0.39, 0.29) is 0 Å². The summed E-state index contributed by atoms with van der Waals surface area (Å²) in [7, 11) is 10.1. The van der Waals surface area contributed by atoms with E-state index in [1.165, 1.54) is 11.3 Å². The topological polar surface area (TPSA) is 68.8 Å². The molecule has 8 heteroatoms. The van der Waals surface area contributed by atoms with Gasteiger partial charge in [0, 0.05) is 56.4 Å². The number of likely N-dealkylation sites (tertiary alicyclic amines) is 1. The molecule has 2 aromatic carbocycles. The maximum atomic E-state index is 5.72. The first-order chi connectivity index (χ1) is 17.9. The van der Waals surface area contributed by atoms with Crippen molar-refractivity contribution in [1.29, 1.82) is 0 Å². The van der Waals surface area contributed by atoms with E-state index in [0.29, 0.717) is 12.0 Å². The molecule has 1 unspecified atom stereocenters. The molecule has 0 radical (unpaired) electrons. The second-order valence-electron chi connectivity index (χ2n) is 10.4. The quantitative estimate of drug-likeness (QED) is 0.368. The smallest absolute Gasteiger partial charge is 0.225 e. The van der Waals surface area contributed by atoms with Crippen LogP contribution in [0.25, 0.3) is 10.9 Å². The number of ether oxygens (including phenoxy) is 1. The fourth-order valence-corrected chi connectivity index (χ4v) is 5.06. The van der Waals surface area contributed by atoms with Crippen molar-refractivity contribution in [1.82, 2.24) is 19.8 Å². The molecule has 0 saturated carbocycles. The first-order valence-electron chi connectivity index (χ1n) is 13.4. The van der Waals surface area contributed by atoms with Gasteiger partial charge < -0.3 is 25.2 Å². The van der Waals surface area contributed by atoms with E-state index in [2.05, 4.69) is 89.9 Å². The van der Waals surface area contributed by atoms with Gasteiger partial charge in [0.15, 0.2) is 0 Å². The molecule has 3 aromatic rings. The Morgan fingerprint density at radius 3 is 2.62 bits per heavy atom. The molecular formula is C29H43N7O. The number of para-hydroxylation sites is 1. The van der Waals surface area contributed by atoms with Crippen LogP contribution >= 0.6 is 0 Å². The molecule has 0 spiro atoms. The van der Waals surface area contributed by atoms with Crippen molar-refractivity contribution in [3.05, 3.63) is 48.0 Å². The number of rotatable bonds is 11. The second kappa shape index (κ2) is 12.9. The van der Waals surface area contributed by atoms with E-state index in [1.54, 1.807) is 7.11 Å². The molecule has 1 fully saturated rings. The molecule has 1 atom stereocenters. The Labute approximate surface area is 222 Å². The van der Waals surface area contributed by atoms with Crippen LogP contribution in [0, 0.1) is 0 Å². The highest BCUT2D eigenvalue weighted by Crippen LogP contribution is 2.31. The lowest BCUT2D eigenvalue weighted by molar-refractivity contribution is 0.271. The van der Waals surface area contributed by atoms with E-state index in [4.69, 9.17) is 14.7 Å². The normalized spacial score (nSPS) is 16.5. The summed E-state index contributed by atoms with van der Waals surface area (Å²) in [5.41, 5.74) is 3.45. The maximum Gasteiger partial charge on any atom is 0.225 e. The number of aromatic nitrogens is 2. The van der Waals surface area contributed by atoms with E-state index in [9.17, 15) is 0 Å². The number of fused-ring (bicyclic) bond motifs is 1. The second-order valence-corrected chi connectivity index (χ2v) is 10.4. The Kier molecular flexibility index (Phi) is 9.41. The van der Waals surface area contributed by atoms with Gasteiger partial charge in [0.1, 0.15) is 11.6 Å². The van der Waals surface area contributed by atoms with Crippen molar-refractivity contribution in [2.24, 2.45) is 0 Å². The summed E-state index contributed by atoms with van der Waals surface area (Å²) in [6, 6.07) is 15.0. The van der Waals surface area contributed by atoms with Crippen LogP contribution in [-0.2, 0) is 6.54 Å². The van der Waals surface area contributed by atoms with Crippen molar-refractivity contribution in [3.8, 4) is 5.75 Å². The molecule has 8 nitrogen and oxygen atoms in total. The Bertz CT molecular complexity index is 1150. The summed E-state index contributed by atoms with van der Waals surface area (Å²) >= 11 is 0. The number of hydrogen-bond donors (Lipinski definition) is 2. The standard InChI is InChI=1S/C29H43N7O/c1-34(2)18-10-17-30-29-32-25-13-7-6-12-23(25)28(33-29)31-22-11-9-19-36(20-16-22)21-24-26(35(3)4)14-8-15-27(24)37-5/h6-8,12-15,22H,9-11,16-21H2,1-5H3,(H2,30,31,32,33). The van der Waals surface area contributed by atoms with Crippen LogP contribution < -0.4 is 20.3 Å². The van der Waals surface area contributed by atoms with E-state index < -0.39 is 0 Å². The first-order valence-corrected chi connectivity index (χ1v) is 13.4. The number of methoxy groups -OCH3 is 1. The third-order valence-electron chi connectivity index (χ3n) is 7.02. The summed E-state index contributed by atoms with van der Waals surface area (Å²) in [6.07, 6.45) is 4.37. The summed E-state index contributed by atoms with van der Waals surface area (Å²) in [4.78, 5) is 16.6. The van der Waals surface area contributed by atoms with Crippen LogP contribution in [0.1, 0.15) is 31.2 Å². The van der Waals surface area contributed by atoms with E-state index >= 15 is 0 Å². The predicted octanol–water partition coefficient (Wildman–Crippen LogP) is 4.53. The van der Waals surface area contributed by atoms with Crippen LogP contribution in [-0.4, -0.2) is 87.3 Å². The van der Waals surface area contributed by atoms with E-state index in [0.717, 1.165) is 80.9 Å². The lowest BCUT2D eigenvalue weighted by Crippen LogP contribution is -2.27. The molecule has 0 bridgehead atoms. The van der Waals surface area contributed by atoms with Crippen molar-refractivity contribution in [2.45, 2.75) is 38.3 Å². The van der Waals surface area contributed by atoms with Crippen molar-refractivity contribution < 1.29 is 4.74 Å². The molecule has 1 aliphatic heterocycles. The minimum absolute atomic E-state index is 0.371. The van der Waals surface area contributed by atoms with Crippen molar-refractivity contribution in [3.63, 3.8) is 0 Å². The molecule has 1 aromatic heterocycles. The zero-order valence-electron chi connectivity index (χ0n) is 23.1. The fraction of sp³-hybridized carbons (Fsp3) is 0.517. The molecule has 0 amide bonds. The third kappa shape index (κ3) is 7.23. The maximum absolute atomic E-state index is 5.72. The molecule has 37 heavy (non-hydrogen) atoms. The molecule has 1 saturated heterocycles. The third-order valence-corrected chi connectivity index (χ3v) is 7.02. The summed E-state index contributed by atoms with van der Waals surface area (Å²) < 4.78 is 5.72. The van der Waals surface area contributed by atoms with Crippen LogP contribution in [0.2, 0.25) is 0 Å². The SMILES string of the molecule is COc1cccc(N(C)C)c1CN1CCCC(Nc2nc(NCCCN(C)C)nc3ccccc23)CC1. The van der Waals surface area contributed by atoms with Crippen LogP contribution in [0.5, 0.6) is 5.75 Å². The van der Waals surface area contributed by atoms with Gasteiger partial charge in [-0.15, -0.1) is 0 Å². The Hall–Kier alpha value is -3.10. The highest BCUT2D eigenvalue weighted by molar-refractivity contribution is 5.90. The fourth-order valence-electron chi connectivity index (χ4n) is 5.06. The molecule has 4 rings (SSSR count). The minimum atomic E-state index is 0.371. The zero-order valence-corrected chi connectivity index (χ0v) is 23.1. The van der Waals surface area contributed by atoms with Crippen molar-refractivity contribution >= 4 is 28.4 Å². The van der Waals surface area contributed by atoms with Gasteiger partial charge in [0.25, 0.3) is 0 Å². The summed E-state index contributed by atoms with van der Waals surface area (Å²) in [5.74, 6) is 2.59. The number of anilines is 3. The highest BCUT2D eigenvalue weighted by Gasteiger charge is 2.21. The summed E-state index contributed by atoms with van der Waals surface area (Å²) in [6.45, 7) is 4.89. The molecule has 1 aliphatic rings. The lowest BCUT2D eigenvalue weighted by Gasteiger charge is -2.26. The van der Waals surface area contributed by atoms with Gasteiger partial charge in [-0.25, -0.2) is 4.98 Å². The summed E-state index contributed by atoms with van der Waals surface area (Å²) in [5, 5.41) is 8.30. The first kappa shape index (κ1) is 26.9. The number of benzene rings is 2. The van der Waals surface area contributed by atoms with Gasteiger partial charge in [-0.05, 0) is 77.1 Å². The largest absolute Gasteiger partial charge is 0.496 e. The van der Waals surface area contributed by atoms with E-state index in [1.807, 2.05) is 6.07 Å². The Balaban J connectivity index is 1.44. The van der Waals surface area contributed by atoms with Gasteiger partial charge in [-0.1, -0.05) is 18.2 Å². The van der Waals surface area contributed by atoms with Crippen LogP contribution in [0.3, 0.4) is 0 Å². The molecule has 0 aliphatic carbocycles. The van der Waals surface area contributed by atoms with Crippen LogP contribution in [0.15, 0.2) is 42.5 Å². The van der Waals surface area contributed by atoms with Gasteiger partial charge in [0.05, 0.1) is 12.6 Å². The van der Waals surface area contributed by atoms with Crippen LogP contribution in [0.4, 0.5) is 17.5 Å². The zero-order chi connectivity index (χ0) is 26.2. The number of nitrogens with one attached hydrogen (secondary N) is 2. The number of nitrogens with zero attached hydrogens (tertiary/aromatic N) is 5. The highest BCUT2D eigenvalue weighted by atomic mass is 16.5. The average molecular weight is 506 g/mol. The average Bonchev–Trinajstić information content (AvgIpc) is 3.11. The van der Waals surface area contributed by atoms with Crippen molar-refractivity contribution in [2.75, 3.05) is 77.0 Å². The predicted molar refractivity (Wildman–Crippen MR) is 155 cm³/mol. The van der Waals surface area contributed by atoms with Gasteiger partial charge in [-0.2, -0.15) is 4.98 Å². The Morgan fingerprint density at radius 1 is 1.00 bits per heavy atom. The molecular weight excluding hydrogens is 462 g/mol. The molecule has 2 N–H and O–H groups in total. The minimum Gasteiger partial charge on any atom is -0.496 e. The van der Waals surface area contributed by atoms with Gasteiger partial charge >= 0.3 is 0 Å². The number of hydrogen-bond acceptors (Lipinski definition) is 8. The van der Waals surface area contributed by atoms with Gasteiger partial charge in [-0.3, -0.25) is 4.90 Å².